The molecule has 1 atom stereocenters. The van der Waals surface area contributed by atoms with Crippen molar-refractivity contribution in [2.75, 3.05) is 7.11 Å². The summed E-state index contributed by atoms with van der Waals surface area (Å²) in [7, 11) is 1.54. The van der Waals surface area contributed by atoms with Crippen LogP contribution in [0.2, 0.25) is 0 Å². The van der Waals surface area contributed by atoms with Crippen LogP contribution in [0.25, 0.3) is 0 Å². The molecule has 1 aliphatic heterocycles. The van der Waals surface area contributed by atoms with Crippen LogP contribution in [0.4, 0.5) is 0 Å². The zero-order valence-electron chi connectivity index (χ0n) is 12.6. The summed E-state index contributed by atoms with van der Waals surface area (Å²) >= 11 is 0. The molecule has 0 unspecified atom stereocenters. The summed E-state index contributed by atoms with van der Waals surface area (Å²) in [5.74, 6) is -0.106. The van der Waals surface area contributed by atoms with Crippen LogP contribution >= 0.6 is 0 Å². The fourth-order valence-corrected chi connectivity index (χ4v) is 3.04. The van der Waals surface area contributed by atoms with Crippen molar-refractivity contribution >= 4 is 5.78 Å². The summed E-state index contributed by atoms with van der Waals surface area (Å²) in [5, 5.41) is 11.5. The molecule has 120 valence electrons. The highest BCUT2D eigenvalue weighted by molar-refractivity contribution is 5.99. The highest BCUT2D eigenvalue weighted by Gasteiger charge is 2.44. The lowest BCUT2D eigenvalue weighted by Gasteiger charge is -2.29. The molecule has 7 heteroatoms. The zero-order valence-corrected chi connectivity index (χ0v) is 12.6. The predicted octanol–water partition coefficient (Wildman–Crippen LogP) is 2.22. The number of ether oxygens (including phenoxy) is 2. The summed E-state index contributed by atoms with van der Waals surface area (Å²) in [6.07, 6.45) is 1.58. The summed E-state index contributed by atoms with van der Waals surface area (Å²) in [4.78, 5) is 23.3. The Morgan fingerprint density at radius 1 is 1.30 bits per heavy atom. The molecule has 1 aromatic carbocycles. The van der Waals surface area contributed by atoms with E-state index in [1.54, 1.807) is 24.3 Å². The molecule has 7 nitrogen and oxygen atoms in total. The molecule has 2 N–H and O–H groups in total. The molecule has 1 aromatic rings. The van der Waals surface area contributed by atoms with E-state index in [1.165, 1.54) is 7.11 Å². The van der Waals surface area contributed by atoms with Gasteiger partial charge >= 0.3 is 5.70 Å². The Balaban J connectivity index is 2.15. The Morgan fingerprint density at radius 3 is 2.61 bits per heavy atom. The van der Waals surface area contributed by atoms with Crippen LogP contribution in [-0.4, -0.2) is 17.8 Å². The lowest BCUT2D eigenvalue weighted by atomic mass is 9.80. The molecule has 0 bridgehead atoms. The topological polar surface area (TPSA) is 105 Å². The van der Waals surface area contributed by atoms with Gasteiger partial charge in [0.2, 0.25) is 0 Å². The smallest absolute Gasteiger partial charge is 0.317 e. The molecule has 0 aromatic heterocycles. The molecule has 0 saturated heterocycles. The van der Waals surface area contributed by atoms with Crippen LogP contribution in [0.5, 0.6) is 5.75 Å². The summed E-state index contributed by atoms with van der Waals surface area (Å²) in [5.41, 5.74) is 6.44. The summed E-state index contributed by atoms with van der Waals surface area (Å²) in [6, 6.07) is 6.81. The van der Waals surface area contributed by atoms with Crippen LogP contribution in [0.3, 0.4) is 0 Å². The van der Waals surface area contributed by atoms with Crippen molar-refractivity contribution in [3.63, 3.8) is 0 Å². The average molecular weight is 316 g/mol. The van der Waals surface area contributed by atoms with Crippen molar-refractivity contribution in [3.8, 4) is 5.75 Å². The van der Waals surface area contributed by atoms with E-state index in [0.717, 1.165) is 0 Å². The third-order valence-electron chi connectivity index (χ3n) is 4.10. The van der Waals surface area contributed by atoms with Gasteiger partial charge in [-0.2, -0.15) is 0 Å². The first-order valence-electron chi connectivity index (χ1n) is 7.25. The number of nitro groups is 1. The second-order valence-electron chi connectivity index (χ2n) is 5.43. The maximum absolute atomic E-state index is 12.4. The maximum atomic E-state index is 12.4. The fourth-order valence-electron chi connectivity index (χ4n) is 3.04. The second-order valence-corrected chi connectivity index (χ2v) is 5.43. The van der Waals surface area contributed by atoms with Gasteiger partial charge in [-0.3, -0.25) is 14.9 Å². The van der Waals surface area contributed by atoms with Gasteiger partial charge in [0.15, 0.2) is 5.78 Å². The molecule has 2 aliphatic rings. The van der Waals surface area contributed by atoms with Gasteiger partial charge in [0.05, 0.1) is 17.6 Å². The molecule has 0 spiro atoms. The second kappa shape index (κ2) is 5.75. The number of nitrogens with two attached hydrogens (primary N) is 1. The molecular weight excluding hydrogens is 300 g/mol. The Bertz CT molecular complexity index is 733. The van der Waals surface area contributed by atoms with Crippen LogP contribution in [-0.2, 0) is 9.53 Å². The number of benzene rings is 1. The number of nitrogens with zero attached hydrogens (tertiary/aromatic N) is 1. The molecule has 23 heavy (non-hydrogen) atoms. The van der Waals surface area contributed by atoms with Crippen LogP contribution in [0.1, 0.15) is 30.7 Å². The van der Waals surface area contributed by atoms with Crippen molar-refractivity contribution in [2.24, 2.45) is 5.73 Å². The molecule has 0 radical (unpaired) electrons. The molecule has 0 fully saturated rings. The molecule has 1 heterocycles. The van der Waals surface area contributed by atoms with Gasteiger partial charge in [-0.15, -0.1) is 0 Å². The third-order valence-corrected chi connectivity index (χ3v) is 4.10. The average Bonchev–Trinajstić information content (AvgIpc) is 2.53. The number of hydrogen-bond acceptors (Lipinski definition) is 6. The van der Waals surface area contributed by atoms with Crippen molar-refractivity contribution in [1.29, 1.82) is 0 Å². The van der Waals surface area contributed by atoms with E-state index in [1.807, 2.05) is 0 Å². The minimum absolute atomic E-state index is 0.126. The molecule has 1 aliphatic carbocycles. The minimum atomic E-state index is -0.813. The van der Waals surface area contributed by atoms with E-state index >= 15 is 0 Å². The largest absolute Gasteiger partial charge is 0.497 e. The number of rotatable bonds is 3. The van der Waals surface area contributed by atoms with Crippen molar-refractivity contribution in [2.45, 2.75) is 25.2 Å². The van der Waals surface area contributed by atoms with Crippen molar-refractivity contribution in [3.05, 3.63) is 62.9 Å². The highest BCUT2D eigenvalue weighted by Crippen LogP contribution is 2.43. The number of ketones is 1. The number of Topliss-reactive ketones (excluding diaryl/α,β-unsaturated/α-hetero) is 1. The van der Waals surface area contributed by atoms with E-state index < -0.39 is 10.8 Å². The molecule has 0 saturated carbocycles. The molecular formula is C16H16N2O5. The number of allylic oxidation sites excluding steroid dienone is 2. The maximum Gasteiger partial charge on any atom is 0.317 e. The lowest BCUT2D eigenvalue weighted by molar-refractivity contribution is -0.433. The van der Waals surface area contributed by atoms with E-state index in [2.05, 4.69) is 0 Å². The Morgan fingerprint density at radius 2 is 2.00 bits per heavy atom. The molecule has 3 rings (SSSR count). The van der Waals surface area contributed by atoms with E-state index in [0.29, 0.717) is 41.9 Å². The quantitative estimate of drug-likeness (QED) is 0.677. The Labute approximate surface area is 132 Å². The highest BCUT2D eigenvalue weighted by atomic mass is 16.6. The van der Waals surface area contributed by atoms with E-state index in [4.69, 9.17) is 15.2 Å². The zero-order chi connectivity index (χ0) is 16.6. The number of carbonyl (C=O) groups excluding carboxylic acids is 1. The fraction of sp³-hybridized carbons (Fsp3) is 0.312. The van der Waals surface area contributed by atoms with Crippen molar-refractivity contribution < 1.29 is 19.2 Å². The van der Waals surface area contributed by atoms with Gasteiger partial charge < -0.3 is 15.2 Å². The first-order chi connectivity index (χ1) is 11.0. The van der Waals surface area contributed by atoms with Crippen LogP contribution in [0, 0.1) is 10.1 Å². The standard InChI is InChI=1S/C16H16N2O5/c1-22-10-7-5-9(6-8-10)13-14-11(19)3-2-4-12(14)23-16(17)15(13)18(20)21/h5-8,13H,2-4,17H2,1H3/t13-/m0/s1. The van der Waals surface area contributed by atoms with Gasteiger partial charge in [-0.25, -0.2) is 0 Å². The van der Waals surface area contributed by atoms with Crippen molar-refractivity contribution in [1.82, 2.24) is 0 Å². The summed E-state index contributed by atoms with van der Waals surface area (Å²) < 4.78 is 10.5. The van der Waals surface area contributed by atoms with Crippen LogP contribution < -0.4 is 10.5 Å². The Hall–Kier alpha value is -2.83. The van der Waals surface area contributed by atoms with Crippen LogP contribution in [0.15, 0.2) is 47.2 Å². The number of hydrogen-bond donors (Lipinski definition) is 1. The predicted molar refractivity (Wildman–Crippen MR) is 80.9 cm³/mol. The first kappa shape index (κ1) is 15.1. The number of methoxy groups -OCH3 is 1. The normalized spacial score (nSPS) is 20.9. The van der Waals surface area contributed by atoms with Gasteiger partial charge in [0, 0.05) is 12.8 Å². The van der Waals surface area contributed by atoms with E-state index in [9.17, 15) is 14.9 Å². The van der Waals surface area contributed by atoms with Gasteiger partial charge in [-0.1, -0.05) is 12.1 Å². The minimum Gasteiger partial charge on any atom is -0.497 e. The first-order valence-corrected chi connectivity index (χ1v) is 7.25. The van der Waals surface area contributed by atoms with Gasteiger partial charge in [-0.05, 0) is 24.1 Å². The lowest BCUT2D eigenvalue weighted by Crippen LogP contribution is -2.30. The monoisotopic (exact) mass is 316 g/mol. The third kappa shape index (κ3) is 2.54. The summed E-state index contributed by atoms with van der Waals surface area (Å²) in [6.45, 7) is 0. The molecule has 0 amide bonds. The van der Waals surface area contributed by atoms with Gasteiger partial charge in [0.25, 0.3) is 5.88 Å². The van der Waals surface area contributed by atoms with Gasteiger partial charge in [0.1, 0.15) is 17.4 Å². The number of carbonyl (C=O) groups is 1. The Kier molecular flexibility index (Phi) is 3.77. The SMILES string of the molecule is COc1ccc([C@H]2C3=C(CCCC3=O)OC(N)=C2[N+](=O)[O-])cc1. The van der Waals surface area contributed by atoms with E-state index in [-0.39, 0.29) is 17.4 Å².